The molecule has 1 saturated heterocycles. The Morgan fingerprint density at radius 1 is 1.27 bits per heavy atom. The van der Waals surface area contributed by atoms with Crippen molar-refractivity contribution in [3.05, 3.63) is 40.8 Å². The fourth-order valence-corrected chi connectivity index (χ4v) is 2.22. The summed E-state index contributed by atoms with van der Waals surface area (Å²) in [4.78, 5) is 22.9. The molecule has 0 unspecified atom stereocenters. The highest BCUT2D eigenvalue weighted by atomic mass is 32.2. The van der Waals surface area contributed by atoms with Gasteiger partial charge in [-0.3, -0.25) is 10.1 Å². The van der Waals surface area contributed by atoms with Crippen LogP contribution in [0, 0.1) is 0 Å². The topological polar surface area (TPSA) is 89.3 Å². The molecule has 1 aliphatic heterocycles. The summed E-state index contributed by atoms with van der Waals surface area (Å²) < 4.78 is 9.52. The van der Waals surface area contributed by atoms with Crippen LogP contribution in [-0.4, -0.2) is 37.5 Å². The Hall–Kier alpha value is -2.61. The molecule has 2 rings (SSSR count). The SMILES string of the molecule is COC(=O)/C=C1/S/C(=N\N=C/c2ccc(OC)cc2)NC1=O. The number of hydrogen-bond acceptors (Lipinski definition) is 7. The predicted octanol–water partition coefficient (Wildman–Crippen LogP) is 1.30. The predicted molar refractivity (Wildman–Crippen MR) is 83.9 cm³/mol. The molecule has 0 aliphatic carbocycles. The zero-order valence-electron chi connectivity index (χ0n) is 11.9. The third-order valence-corrected chi connectivity index (χ3v) is 3.47. The minimum absolute atomic E-state index is 0.213. The van der Waals surface area contributed by atoms with Crippen LogP contribution in [0.1, 0.15) is 5.56 Å². The van der Waals surface area contributed by atoms with E-state index in [2.05, 4.69) is 20.3 Å². The summed E-state index contributed by atoms with van der Waals surface area (Å²) >= 11 is 1.02. The largest absolute Gasteiger partial charge is 0.497 e. The van der Waals surface area contributed by atoms with Crippen LogP contribution in [-0.2, 0) is 14.3 Å². The van der Waals surface area contributed by atoms with Gasteiger partial charge in [0.1, 0.15) is 5.75 Å². The van der Waals surface area contributed by atoms with Crippen molar-refractivity contribution in [3.8, 4) is 5.75 Å². The van der Waals surface area contributed by atoms with E-state index >= 15 is 0 Å². The molecule has 22 heavy (non-hydrogen) atoms. The number of ether oxygens (including phenoxy) is 2. The Kier molecular flexibility index (Phi) is 5.31. The van der Waals surface area contributed by atoms with E-state index in [0.717, 1.165) is 29.2 Å². The second kappa shape index (κ2) is 7.41. The van der Waals surface area contributed by atoms with Crippen molar-refractivity contribution >= 4 is 35.0 Å². The molecule has 7 nitrogen and oxygen atoms in total. The van der Waals surface area contributed by atoms with E-state index in [1.807, 2.05) is 12.1 Å². The fourth-order valence-electron chi connectivity index (χ4n) is 1.48. The number of carbonyl (C=O) groups is 2. The van der Waals surface area contributed by atoms with E-state index < -0.39 is 11.9 Å². The van der Waals surface area contributed by atoms with Gasteiger partial charge in [0.2, 0.25) is 0 Å². The van der Waals surface area contributed by atoms with Crippen molar-refractivity contribution in [3.63, 3.8) is 0 Å². The summed E-state index contributed by atoms with van der Waals surface area (Å²) in [6.45, 7) is 0. The van der Waals surface area contributed by atoms with Crippen LogP contribution in [0.25, 0.3) is 0 Å². The van der Waals surface area contributed by atoms with Crippen molar-refractivity contribution < 1.29 is 19.1 Å². The number of nitrogens with zero attached hydrogens (tertiary/aromatic N) is 2. The number of amidine groups is 1. The van der Waals surface area contributed by atoms with Crippen molar-refractivity contribution in [2.45, 2.75) is 0 Å². The summed E-state index contributed by atoms with van der Waals surface area (Å²) in [5, 5.41) is 10.6. The van der Waals surface area contributed by atoms with Crippen LogP contribution in [0.5, 0.6) is 5.75 Å². The van der Waals surface area contributed by atoms with E-state index in [1.165, 1.54) is 7.11 Å². The number of esters is 1. The summed E-state index contributed by atoms with van der Waals surface area (Å²) in [6.07, 6.45) is 2.65. The Morgan fingerprint density at radius 2 is 2.00 bits per heavy atom. The number of nitrogens with one attached hydrogen (secondary N) is 1. The highest BCUT2D eigenvalue weighted by Crippen LogP contribution is 2.23. The molecule has 0 radical (unpaired) electrons. The molecule has 1 heterocycles. The summed E-state index contributed by atoms with van der Waals surface area (Å²) in [6, 6.07) is 7.26. The second-order valence-electron chi connectivity index (χ2n) is 4.01. The molecular formula is C14H13N3O4S. The van der Waals surface area contributed by atoms with Crippen LogP contribution in [0.3, 0.4) is 0 Å². The zero-order chi connectivity index (χ0) is 15.9. The number of carbonyl (C=O) groups excluding carboxylic acids is 2. The van der Waals surface area contributed by atoms with Crippen LogP contribution in [0.4, 0.5) is 0 Å². The number of methoxy groups -OCH3 is 2. The Morgan fingerprint density at radius 3 is 2.64 bits per heavy atom. The lowest BCUT2D eigenvalue weighted by atomic mass is 10.2. The molecule has 1 aliphatic rings. The first-order valence-electron chi connectivity index (χ1n) is 6.16. The Balaban J connectivity index is 2.01. The molecule has 114 valence electrons. The van der Waals surface area contributed by atoms with Gasteiger partial charge in [-0.1, -0.05) is 0 Å². The van der Waals surface area contributed by atoms with E-state index in [9.17, 15) is 9.59 Å². The molecule has 0 spiro atoms. The van der Waals surface area contributed by atoms with Crippen LogP contribution in [0.2, 0.25) is 0 Å². The highest BCUT2D eigenvalue weighted by molar-refractivity contribution is 8.18. The maximum Gasteiger partial charge on any atom is 0.331 e. The first-order chi connectivity index (χ1) is 10.6. The van der Waals surface area contributed by atoms with Crippen molar-refractivity contribution in [1.82, 2.24) is 5.32 Å². The lowest BCUT2D eigenvalue weighted by Gasteiger charge is -1.97. The molecule has 1 N–H and O–H groups in total. The minimum atomic E-state index is -0.597. The number of amides is 1. The lowest BCUT2D eigenvalue weighted by Crippen LogP contribution is -2.19. The number of hydrogen-bond donors (Lipinski definition) is 1. The maximum absolute atomic E-state index is 11.6. The van der Waals surface area contributed by atoms with Crippen molar-refractivity contribution in [2.75, 3.05) is 14.2 Å². The molecule has 1 fully saturated rings. The van der Waals surface area contributed by atoms with Crippen molar-refractivity contribution in [1.29, 1.82) is 0 Å². The van der Waals surface area contributed by atoms with Crippen LogP contribution < -0.4 is 10.1 Å². The number of rotatable bonds is 4. The summed E-state index contributed by atoms with van der Waals surface area (Å²) in [5.41, 5.74) is 0.838. The monoisotopic (exact) mass is 319 g/mol. The van der Waals surface area contributed by atoms with E-state index in [4.69, 9.17) is 4.74 Å². The average Bonchev–Trinajstić information content (AvgIpc) is 2.87. The molecule has 1 amide bonds. The molecule has 0 aromatic heterocycles. The van der Waals surface area contributed by atoms with Gasteiger partial charge < -0.3 is 9.47 Å². The van der Waals surface area contributed by atoms with Gasteiger partial charge >= 0.3 is 5.97 Å². The molecular weight excluding hydrogens is 306 g/mol. The molecule has 1 aromatic rings. The van der Waals surface area contributed by atoms with Gasteiger partial charge in [0, 0.05) is 6.08 Å². The van der Waals surface area contributed by atoms with E-state index in [1.54, 1.807) is 25.5 Å². The van der Waals surface area contributed by atoms with Crippen LogP contribution in [0.15, 0.2) is 45.4 Å². The van der Waals surface area contributed by atoms with Gasteiger partial charge in [-0.05, 0) is 41.6 Å². The zero-order valence-corrected chi connectivity index (χ0v) is 12.7. The Labute approximate surface area is 131 Å². The third-order valence-electron chi connectivity index (χ3n) is 2.57. The van der Waals surface area contributed by atoms with E-state index in [-0.39, 0.29) is 4.91 Å². The molecule has 0 saturated carbocycles. The van der Waals surface area contributed by atoms with Crippen molar-refractivity contribution in [2.24, 2.45) is 10.2 Å². The maximum atomic E-state index is 11.6. The van der Waals surface area contributed by atoms with Gasteiger partial charge in [0.25, 0.3) is 5.91 Å². The number of benzene rings is 1. The second-order valence-corrected chi connectivity index (χ2v) is 5.04. The van der Waals surface area contributed by atoms with Gasteiger partial charge in [-0.15, -0.1) is 5.10 Å². The Bertz CT molecular complexity index is 665. The molecule has 0 atom stereocenters. The first kappa shape index (κ1) is 15.8. The van der Waals surface area contributed by atoms with Crippen LogP contribution >= 0.6 is 11.8 Å². The minimum Gasteiger partial charge on any atom is -0.497 e. The highest BCUT2D eigenvalue weighted by Gasteiger charge is 2.24. The fraction of sp³-hybridized carbons (Fsp3) is 0.143. The van der Waals surface area contributed by atoms with Gasteiger partial charge in [0.15, 0.2) is 5.17 Å². The van der Waals surface area contributed by atoms with Gasteiger partial charge in [-0.2, -0.15) is 5.10 Å². The standard InChI is InChI=1S/C14H13N3O4S/c1-20-10-5-3-9(4-6-10)8-15-17-14-16-13(19)11(22-14)7-12(18)21-2/h3-8H,1-2H3,(H,16,17,19)/b11-7+,15-8-. The van der Waals surface area contributed by atoms with Gasteiger partial charge in [0.05, 0.1) is 25.3 Å². The third kappa shape index (κ3) is 4.19. The first-order valence-corrected chi connectivity index (χ1v) is 6.98. The molecule has 1 aromatic carbocycles. The van der Waals surface area contributed by atoms with Gasteiger partial charge in [-0.25, -0.2) is 4.79 Å². The molecule has 8 heteroatoms. The number of thioether (sulfide) groups is 1. The normalized spacial score (nSPS) is 18.0. The van der Waals surface area contributed by atoms with E-state index in [0.29, 0.717) is 5.17 Å². The average molecular weight is 319 g/mol. The summed E-state index contributed by atoms with van der Waals surface area (Å²) in [7, 11) is 2.83. The lowest BCUT2D eigenvalue weighted by molar-refractivity contribution is -0.135. The summed E-state index contributed by atoms with van der Waals surface area (Å²) in [5.74, 6) is -0.255. The smallest absolute Gasteiger partial charge is 0.331 e. The quantitative estimate of drug-likeness (QED) is 0.391. The molecule has 0 bridgehead atoms.